The van der Waals surface area contributed by atoms with E-state index in [4.69, 9.17) is 10.5 Å². The first-order chi connectivity index (χ1) is 11.1. The Labute approximate surface area is 134 Å². The molecule has 0 atom stereocenters. The molecule has 0 unspecified atom stereocenters. The Bertz CT molecular complexity index is 832. The van der Waals surface area contributed by atoms with Crippen molar-refractivity contribution in [1.82, 2.24) is 9.97 Å². The highest BCUT2D eigenvalue weighted by Crippen LogP contribution is 2.31. The van der Waals surface area contributed by atoms with E-state index in [1.807, 2.05) is 54.4 Å². The lowest BCUT2D eigenvalue weighted by Gasteiger charge is -2.21. The van der Waals surface area contributed by atoms with Gasteiger partial charge in [0, 0.05) is 30.9 Å². The molecule has 3 aromatic rings. The summed E-state index contributed by atoms with van der Waals surface area (Å²) in [4.78, 5) is 11.1. The maximum absolute atomic E-state index is 5.93. The summed E-state index contributed by atoms with van der Waals surface area (Å²) >= 11 is 0. The molecule has 23 heavy (non-hydrogen) atoms. The number of nitrogens with two attached hydrogens (primary N) is 1. The first-order valence-electron chi connectivity index (χ1n) is 7.25. The van der Waals surface area contributed by atoms with Crippen LogP contribution < -0.4 is 20.7 Å². The molecule has 0 saturated heterocycles. The Balaban J connectivity index is 2.14. The minimum absolute atomic E-state index is 0.567. The molecule has 0 saturated carbocycles. The van der Waals surface area contributed by atoms with Crippen molar-refractivity contribution in [3.63, 3.8) is 0 Å². The number of hydrogen-bond donors (Lipinski definition) is 2. The molecule has 2 aromatic carbocycles. The maximum atomic E-state index is 5.93. The fourth-order valence-electron chi connectivity index (χ4n) is 2.43. The van der Waals surface area contributed by atoms with Crippen LogP contribution in [0, 0.1) is 0 Å². The highest BCUT2D eigenvalue weighted by Gasteiger charge is 2.13. The molecule has 3 rings (SSSR count). The number of rotatable bonds is 4. The van der Waals surface area contributed by atoms with Crippen LogP contribution in [0.15, 0.2) is 42.5 Å². The number of fused-ring (bicyclic) bond motifs is 1. The van der Waals surface area contributed by atoms with Gasteiger partial charge in [0.2, 0.25) is 5.95 Å². The number of ether oxygens (including phenoxy) is 1. The van der Waals surface area contributed by atoms with Crippen molar-refractivity contribution in [2.75, 3.05) is 37.2 Å². The van der Waals surface area contributed by atoms with Crippen LogP contribution in [0.25, 0.3) is 10.9 Å². The van der Waals surface area contributed by atoms with E-state index in [1.54, 1.807) is 14.2 Å². The molecule has 0 aliphatic rings. The zero-order valence-corrected chi connectivity index (χ0v) is 13.4. The molecule has 1 heterocycles. The molecule has 0 radical (unpaired) electrons. The number of anilines is 4. The summed E-state index contributed by atoms with van der Waals surface area (Å²) in [6, 6.07) is 13.4. The predicted octanol–water partition coefficient (Wildman–Crippen LogP) is 3.03. The SMILES string of the molecule is CNc1nc(N(C)c2ccc(OC)cc2)c2cc(N)ccc2n1. The van der Waals surface area contributed by atoms with Crippen LogP contribution in [0.4, 0.5) is 23.1 Å². The fourth-order valence-corrected chi connectivity index (χ4v) is 2.43. The van der Waals surface area contributed by atoms with Gasteiger partial charge in [0.05, 0.1) is 12.6 Å². The second kappa shape index (κ2) is 6.00. The monoisotopic (exact) mass is 309 g/mol. The predicted molar refractivity (Wildman–Crippen MR) is 94.6 cm³/mol. The van der Waals surface area contributed by atoms with Crippen LogP contribution in [-0.2, 0) is 0 Å². The van der Waals surface area contributed by atoms with Crippen LogP contribution in [0.5, 0.6) is 5.75 Å². The molecule has 0 bridgehead atoms. The molecule has 0 spiro atoms. The van der Waals surface area contributed by atoms with Gasteiger partial charge in [-0.1, -0.05) is 0 Å². The van der Waals surface area contributed by atoms with E-state index in [1.165, 1.54) is 0 Å². The van der Waals surface area contributed by atoms with Crippen molar-refractivity contribution in [3.05, 3.63) is 42.5 Å². The number of nitrogen functional groups attached to an aromatic ring is 1. The van der Waals surface area contributed by atoms with Crippen LogP contribution in [0.3, 0.4) is 0 Å². The third-order valence-corrected chi connectivity index (χ3v) is 3.70. The summed E-state index contributed by atoms with van der Waals surface area (Å²) in [7, 11) is 5.42. The molecule has 3 N–H and O–H groups in total. The van der Waals surface area contributed by atoms with Crippen LogP contribution >= 0.6 is 0 Å². The Morgan fingerprint density at radius 2 is 1.83 bits per heavy atom. The van der Waals surface area contributed by atoms with Gasteiger partial charge < -0.3 is 20.7 Å². The Kier molecular flexibility index (Phi) is 3.89. The molecule has 0 amide bonds. The summed E-state index contributed by atoms with van der Waals surface area (Å²) in [5.41, 5.74) is 8.45. The third kappa shape index (κ3) is 2.83. The lowest BCUT2D eigenvalue weighted by atomic mass is 10.2. The second-order valence-corrected chi connectivity index (χ2v) is 5.15. The van der Waals surface area contributed by atoms with Gasteiger partial charge in [0.25, 0.3) is 0 Å². The molecule has 0 aliphatic heterocycles. The number of nitrogens with zero attached hydrogens (tertiary/aromatic N) is 3. The molecule has 1 aromatic heterocycles. The molecule has 0 fully saturated rings. The number of methoxy groups -OCH3 is 1. The standard InChI is InChI=1S/C17H19N5O/c1-19-17-20-15-9-4-11(18)10-14(15)16(21-17)22(2)12-5-7-13(23-3)8-6-12/h4-10H,18H2,1-3H3,(H,19,20,21). The van der Waals surface area contributed by atoms with Gasteiger partial charge in [-0.25, -0.2) is 4.98 Å². The summed E-state index contributed by atoms with van der Waals surface area (Å²) < 4.78 is 5.21. The number of aromatic nitrogens is 2. The molecule has 6 heteroatoms. The summed E-state index contributed by atoms with van der Waals surface area (Å²) in [6.45, 7) is 0. The molecule has 0 aliphatic carbocycles. The van der Waals surface area contributed by atoms with Crippen molar-refractivity contribution < 1.29 is 4.74 Å². The highest BCUT2D eigenvalue weighted by molar-refractivity contribution is 5.94. The van der Waals surface area contributed by atoms with Crippen molar-refractivity contribution in [1.29, 1.82) is 0 Å². The topological polar surface area (TPSA) is 76.3 Å². The highest BCUT2D eigenvalue weighted by atomic mass is 16.5. The summed E-state index contributed by atoms with van der Waals surface area (Å²) in [6.07, 6.45) is 0. The van der Waals surface area contributed by atoms with E-state index >= 15 is 0 Å². The van der Waals surface area contributed by atoms with Crippen LogP contribution in [0.1, 0.15) is 0 Å². The average Bonchev–Trinajstić information content (AvgIpc) is 2.60. The van der Waals surface area contributed by atoms with Crippen LogP contribution in [0.2, 0.25) is 0 Å². The third-order valence-electron chi connectivity index (χ3n) is 3.70. The van der Waals surface area contributed by atoms with Gasteiger partial charge in [-0.3, -0.25) is 0 Å². The minimum Gasteiger partial charge on any atom is -0.497 e. The minimum atomic E-state index is 0.567. The molecular weight excluding hydrogens is 290 g/mol. The van der Waals surface area contributed by atoms with E-state index in [-0.39, 0.29) is 0 Å². The van der Waals surface area contributed by atoms with Gasteiger partial charge in [-0.05, 0) is 42.5 Å². The normalized spacial score (nSPS) is 10.6. The largest absolute Gasteiger partial charge is 0.497 e. The number of nitrogens with one attached hydrogen (secondary N) is 1. The number of hydrogen-bond acceptors (Lipinski definition) is 6. The molecule has 6 nitrogen and oxygen atoms in total. The smallest absolute Gasteiger partial charge is 0.224 e. The lowest BCUT2D eigenvalue weighted by Crippen LogP contribution is -2.13. The van der Waals surface area contributed by atoms with Crippen molar-refractivity contribution in [2.24, 2.45) is 0 Å². The van der Waals surface area contributed by atoms with Gasteiger partial charge >= 0.3 is 0 Å². The molecule has 118 valence electrons. The van der Waals surface area contributed by atoms with E-state index in [2.05, 4.69) is 15.3 Å². The maximum Gasteiger partial charge on any atom is 0.224 e. The van der Waals surface area contributed by atoms with E-state index < -0.39 is 0 Å². The van der Waals surface area contributed by atoms with Gasteiger partial charge in [-0.15, -0.1) is 0 Å². The van der Waals surface area contributed by atoms with E-state index in [0.29, 0.717) is 11.6 Å². The first-order valence-corrected chi connectivity index (χ1v) is 7.25. The number of benzene rings is 2. The van der Waals surface area contributed by atoms with Gasteiger partial charge in [0.1, 0.15) is 11.6 Å². The first kappa shape index (κ1) is 14.9. The van der Waals surface area contributed by atoms with Gasteiger partial charge in [0.15, 0.2) is 0 Å². The fraction of sp³-hybridized carbons (Fsp3) is 0.176. The summed E-state index contributed by atoms with van der Waals surface area (Å²) in [5, 5.41) is 3.90. The Morgan fingerprint density at radius 3 is 2.48 bits per heavy atom. The summed E-state index contributed by atoms with van der Waals surface area (Å²) in [5.74, 6) is 2.17. The van der Waals surface area contributed by atoms with Gasteiger partial charge in [-0.2, -0.15) is 4.98 Å². The second-order valence-electron chi connectivity index (χ2n) is 5.15. The zero-order chi connectivity index (χ0) is 16.4. The quantitative estimate of drug-likeness (QED) is 0.721. The van der Waals surface area contributed by atoms with Crippen molar-refractivity contribution in [2.45, 2.75) is 0 Å². The van der Waals surface area contributed by atoms with Crippen molar-refractivity contribution in [3.8, 4) is 5.75 Å². The van der Waals surface area contributed by atoms with E-state index in [0.717, 1.165) is 28.2 Å². The average molecular weight is 309 g/mol. The van der Waals surface area contributed by atoms with Crippen LogP contribution in [-0.4, -0.2) is 31.2 Å². The Morgan fingerprint density at radius 1 is 1.09 bits per heavy atom. The van der Waals surface area contributed by atoms with E-state index in [9.17, 15) is 0 Å². The Hall–Kier alpha value is -3.02. The zero-order valence-electron chi connectivity index (χ0n) is 13.4. The molecular formula is C17H19N5O. The lowest BCUT2D eigenvalue weighted by molar-refractivity contribution is 0.415. The van der Waals surface area contributed by atoms with Crippen molar-refractivity contribution >= 4 is 34.0 Å².